The average molecular weight is 488 g/mol. The standard InChI is InChI=1S/C26H28F3N3O3/c1-4-32(16-24(33)30-23-8-6-5-7-22(23)26(27,28)29)17-25(34)31(2)15-18-9-10-20-14-21(35-3)12-11-19(20)13-18/h5-14H,4,15-17H2,1-3H3,(H,30,33). The first-order valence-electron chi connectivity index (χ1n) is 11.1. The van der Waals surface area contributed by atoms with E-state index in [1.807, 2.05) is 36.4 Å². The summed E-state index contributed by atoms with van der Waals surface area (Å²) in [4.78, 5) is 28.3. The Kier molecular flexibility index (Phi) is 8.34. The van der Waals surface area contributed by atoms with Crippen LogP contribution in [0.25, 0.3) is 10.8 Å². The first-order valence-corrected chi connectivity index (χ1v) is 11.1. The molecule has 0 aliphatic heterocycles. The number of nitrogens with zero attached hydrogens (tertiary/aromatic N) is 2. The van der Waals surface area contributed by atoms with Crippen molar-refractivity contribution in [1.29, 1.82) is 0 Å². The minimum absolute atomic E-state index is 0.0356. The summed E-state index contributed by atoms with van der Waals surface area (Å²) in [5.41, 5.74) is -0.275. The zero-order valence-corrected chi connectivity index (χ0v) is 19.9. The highest BCUT2D eigenvalue weighted by Gasteiger charge is 2.33. The van der Waals surface area contributed by atoms with Crippen LogP contribution in [0.4, 0.5) is 18.9 Å². The fourth-order valence-electron chi connectivity index (χ4n) is 3.68. The minimum atomic E-state index is -4.58. The van der Waals surface area contributed by atoms with Crippen molar-refractivity contribution in [2.75, 3.05) is 39.1 Å². The molecule has 3 aromatic rings. The van der Waals surface area contributed by atoms with E-state index in [1.165, 1.54) is 18.2 Å². The molecular formula is C26H28F3N3O3. The normalized spacial score (nSPS) is 11.5. The summed E-state index contributed by atoms with van der Waals surface area (Å²) in [6.45, 7) is 2.29. The van der Waals surface area contributed by atoms with Crippen LogP contribution in [0.15, 0.2) is 60.7 Å². The molecule has 3 aromatic carbocycles. The maximum atomic E-state index is 13.2. The van der Waals surface area contributed by atoms with Gasteiger partial charge < -0.3 is 15.0 Å². The summed E-state index contributed by atoms with van der Waals surface area (Å²) in [7, 11) is 3.29. The van der Waals surface area contributed by atoms with Gasteiger partial charge in [-0.15, -0.1) is 0 Å². The van der Waals surface area contributed by atoms with Gasteiger partial charge in [0.1, 0.15) is 5.75 Å². The average Bonchev–Trinajstić information content (AvgIpc) is 2.82. The fraction of sp³-hybridized carbons (Fsp3) is 0.308. The number of likely N-dealkylation sites (N-methyl/N-ethyl adjacent to an activating group) is 2. The number of fused-ring (bicyclic) bond motifs is 1. The smallest absolute Gasteiger partial charge is 0.418 e. The summed E-state index contributed by atoms with van der Waals surface area (Å²) < 4.78 is 44.8. The van der Waals surface area contributed by atoms with Crippen LogP contribution in [0.3, 0.4) is 0 Å². The number of hydrogen-bond donors (Lipinski definition) is 1. The molecule has 0 fully saturated rings. The number of alkyl halides is 3. The lowest BCUT2D eigenvalue weighted by atomic mass is 10.1. The molecule has 0 unspecified atom stereocenters. The fourth-order valence-corrected chi connectivity index (χ4v) is 3.68. The van der Waals surface area contributed by atoms with Gasteiger partial charge in [0.25, 0.3) is 0 Å². The van der Waals surface area contributed by atoms with Crippen molar-refractivity contribution in [3.05, 3.63) is 71.8 Å². The lowest BCUT2D eigenvalue weighted by Crippen LogP contribution is -2.41. The molecule has 186 valence electrons. The molecule has 0 heterocycles. The van der Waals surface area contributed by atoms with Gasteiger partial charge >= 0.3 is 6.18 Å². The van der Waals surface area contributed by atoms with Crippen molar-refractivity contribution in [3.8, 4) is 5.75 Å². The van der Waals surface area contributed by atoms with Crippen molar-refractivity contribution in [1.82, 2.24) is 9.80 Å². The molecule has 1 N–H and O–H groups in total. The first kappa shape index (κ1) is 26.0. The Morgan fingerprint density at radius 1 is 0.971 bits per heavy atom. The first-order chi connectivity index (χ1) is 16.6. The van der Waals surface area contributed by atoms with E-state index >= 15 is 0 Å². The number of amides is 2. The van der Waals surface area contributed by atoms with E-state index in [1.54, 1.807) is 30.9 Å². The number of methoxy groups -OCH3 is 1. The largest absolute Gasteiger partial charge is 0.497 e. The lowest BCUT2D eigenvalue weighted by Gasteiger charge is -2.24. The topological polar surface area (TPSA) is 61.9 Å². The van der Waals surface area contributed by atoms with Gasteiger partial charge in [-0.1, -0.05) is 37.3 Å². The molecule has 0 aliphatic rings. The monoisotopic (exact) mass is 487 g/mol. The Hall–Kier alpha value is -3.59. The highest BCUT2D eigenvalue weighted by molar-refractivity contribution is 5.93. The predicted octanol–water partition coefficient (Wildman–Crippen LogP) is 4.79. The van der Waals surface area contributed by atoms with Crippen molar-refractivity contribution in [2.45, 2.75) is 19.6 Å². The van der Waals surface area contributed by atoms with Crippen molar-refractivity contribution >= 4 is 28.3 Å². The molecule has 0 saturated carbocycles. The summed E-state index contributed by atoms with van der Waals surface area (Å²) in [5.74, 6) is -0.0581. The Morgan fingerprint density at radius 3 is 2.34 bits per heavy atom. The van der Waals surface area contributed by atoms with Crippen LogP contribution in [-0.4, -0.2) is 55.4 Å². The van der Waals surface area contributed by atoms with E-state index < -0.39 is 17.6 Å². The molecule has 35 heavy (non-hydrogen) atoms. The second-order valence-corrected chi connectivity index (χ2v) is 8.19. The van der Waals surface area contributed by atoms with Gasteiger partial charge in [-0.05, 0) is 53.2 Å². The van der Waals surface area contributed by atoms with E-state index in [0.717, 1.165) is 28.2 Å². The molecule has 3 rings (SSSR count). The van der Waals surface area contributed by atoms with Crippen molar-refractivity contribution in [2.24, 2.45) is 0 Å². The number of para-hydroxylation sites is 1. The number of anilines is 1. The SMILES string of the molecule is CCN(CC(=O)Nc1ccccc1C(F)(F)F)CC(=O)N(C)Cc1ccc2cc(OC)ccc2c1. The molecule has 0 atom stereocenters. The number of hydrogen-bond acceptors (Lipinski definition) is 4. The molecule has 9 heteroatoms. The van der Waals surface area contributed by atoms with Gasteiger partial charge in [-0.3, -0.25) is 14.5 Å². The Bertz CT molecular complexity index is 1200. The zero-order chi connectivity index (χ0) is 25.6. The van der Waals surface area contributed by atoms with Crippen LogP contribution in [-0.2, 0) is 22.3 Å². The van der Waals surface area contributed by atoms with Gasteiger partial charge in [0.15, 0.2) is 0 Å². The molecular weight excluding hydrogens is 459 g/mol. The molecule has 6 nitrogen and oxygen atoms in total. The molecule has 0 saturated heterocycles. The molecule has 0 radical (unpaired) electrons. The Labute approximate surface area is 202 Å². The molecule has 0 spiro atoms. The second-order valence-electron chi connectivity index (χ2n) is 8.19. The van der Waals surface area contributed by atoms with Crippen LogP contribution in [0.1, 0.15) is 18.1 Å². The minimum Gasteiger partial charge on any atom is -0.497 e. The number of ether oxygens (including phenoxy) is 1. The maximum absolute atomic E-state index is 13.2. The predicted molar refractivity (Wildman–Crippen MR) is 129 cm³/mol. The molecule has 2 amide bonds. The van der Waals surface area contributed by atoms with Crippen molar-refractivity contribution < 1.29 is 27.5 Å². The van der Waals surface area contributed by atoms with E-state index in [0.29, 0.717) is 13.1 Å². The van der Waals surface area contributed by atoms with E-state index in [4.69, 9.17) is 4.74 Å². The number of rotatable bonds is 9. The Balaban J connectivity index is 1.59. The number of carbonyl (C=O) groups excluding carboxylic acids is 2. The third kappa shape index (κ3) is 6.95. The van der Waals surface area contributed by atoms with Crippen LogP contribution >= 0.6 is 0 Å². The van der Waals surface area contributed by atoms with Crippen LogP contribution in [0, 0.1) is 0 Å². The second kappa shape index (κ2) is 11.2. The third-order valence-corrected chi connectivity index (χ3v) is 5.64. The Morgan fingerprint density at radius 2 is 1.66 bits per heavy atom. The van der Waals surface area contributed by atoms with Gasteiger partial charge in [0.2, 0.25) is 11.8 Å². The summed E-state index contributed by atoms with van der Waals surface area (Å²) in [6, 6.07) is 16.5. The molecule has 0 aromatic heterocycles. The number of nitrogens with one attached hydrogen (secondary N) is 1. The molecule has 0 aliphatic carbocycles. The van der Waals surface area contributed by atoms with Crippen molar-refractivity contribution in [3.63, 3.8) is 0 Å². The van der Waals surface area contributed by atoms with Crippen LogP contribution < -0.4 is 10.1 Å². The van der Waals surface area contributed by atoms with E-state index in [2.05, 4.69) is 5.32 Å². The van der Waals surface area contributed by atoms with Crippen LogP contribution in [0.2, 0.25) is 0 Å². The molecule has 0 bridgehead atoms. The highest BCUT2D eigenvalue weighted by Crippen LogP contribution is 2.34. The number of halogens is 3. The van der Waals surface area contributed by atoms with Gasteiger partial charge in [0, 0.05) is 13.6 Å². The highest BCUT2D eigenvalue weighted by atomic mass is 19.4. The summed E-state index contributed by atoms with van der Waals surface area (Å²) in [5, 5.41) is 4.36. The number of carbonyl (C=O) groups is 2. The van der Waals surface area contributed by atoms with Gasteiger partial charge in [-0.25, -0.2) is 0 Å². The van der Waals surface area contributed by atoms with Gasteiger partial charge in [-0.2, -0.15) is 13.2 Å². The summed E-state index contributed by atoms with van der Waals surface area (Å²) >= 11 is 0. The lowest BCUT2D eigenvalue weighted by molar-refractivity contribution is -0.137. The van der Waals surface area contributed by atoms with Crippen LogP contribution in [0.5, 0.6) is 5.75 Å². The van der Waals surface area contributed by atoms with E-state index in [-0.39, 0.29) is 24.7 Å². The van der Waals surface area contributed by atoms with E-state index in [9.17, 15) is 22.8 Å². The zero-order valence-electron chi connectivity index (χ0n) is 19.9. The maximum Gasteiger partial charge on any atom is 0.418 e. The quantitative estimate of drug-likeness (QED) is 0.472. The summed E-state index contributed by atoms with van der Waals surface area (Å²) in [6.07, 6.45) is -4.58. The van der Waals surface area contributed by atoms with Gasteiger partial charge in [0.05, 0.1) is 31.5 Å². The number of benzene rings is 3. The third-order valence-electron chi connectivity index (χ3n) is 5.64.